The van der Waals surface area contributed by atoms with Crippen molar-refractivity contribution in [2.24, 2.45) is 0 Å². The molecule has 19 heavy (non-hydrogen) atoms. The van der Waals surface area contributed by atoms with Gasteiger partial charge in [0.05, 0.1) is 10.6 Å². The van der Waals surface area contributed by atoms with E-state index in [1.807, 2.05) is 6.92 Å². The SMILES string of the molecule is Cc1cnc(NS(=O)(=O)c2cc(N)c(F)cc2C)s1. The number of aromatic nitrogens is 1. The molecule has 3 N–H and O–H groups in total. The van der Waals surface area contributed by atoms with Crippen molar-refractivity contribution in [1.82, 2.24) is 4.98 Å². The highest BCUT2D eigenvalue weighted by atomic mass is 32.2. The first-order valence-corrected chi connectivity index (χ1v) is 7.60. The van der Waals surface area contributed by atoms with Gasteiger partial charge in [-0.2, -0.15) is 0 Å². The molecule has 2 rings (SSSR count). The minimum absolute atomic E-state index is 0.0562. The summed E-state index contributed by atoms with van der Waals surface area (Å²) in [6.07, 6.45) is 1.56. The molecule has 1 aromatic carbocycles. The van der Waals surface area contributed by atoms with Crippen LogP contribution in [0.25, 0.3) is 0 Å². The predicted octanol–water partition coefficient (Wildman–Crippen LogP) is 2.28. The Hall–Kier alpha value is -1.67. The number of hydrogen-bond donors (Lipinski definition) is 2. The molecule has 0 unspecified atom stereocenters. The first kappa shape index (κ1) is 13.8. The van der Waals surface area contributed by atoms with Crippen LogP contribution < -0.4 is 10.5 Å². The molecule has 0 aliphatic heterocycles. The van der Waals surface area contributed by atoms with Crippen molar-refractivity contribution in [2.75, 3.05) is 10.5 Å². The average molecular weight is 301 g/mol. The number of nitrogens with one attached hydrogen (secondary N) is 1. The van der Waals surface area contributed by atoms with Crippen LogP contribution >= 0.6 is 11.3 Å². The molecule has 8 heteroatoms. The minimum Gasteiger partial charge on any atom is -0.396 e. The highest BCUT2D eigenvalue weighted by molar-refractivity contribution is 7.93. The Bertz CT molecular complexity index is 726. The molecule has 1 aromatic heterocycles. The molecule has 0 saturated carbocycles. The van der Waals surface area contributed by atoms with E-state index in [2.05, 4.69) is 9.71 Å². The number of hydrogen-bond acceptors (Lipinski definition) is 5. The van der Waals surface area contributed by atoms with Gasteiger partial charge in [-0.05, 0) is 31.5 Å². The van der Waals surface area contributed by atoms with Crippen LogP contribution in [0, 0.1) is 19.7 Å². The van der Waals surface area contributed by atoms with Crippen molar-refractivity contribution in [3.8, 4) is 0 Å². The summed E-state index contributed by atoms with van der Waals surface area (Å²) < 4.78 is 39.9. The number of halogens is 1. The van der Waals surface area contributed by atoms with Gasteiger partial charge in [0.2, 0.25) is 0 Å². The highest BCUT2D eigenvalue weighted by Crippen LogP contribution is 2.25. The van der Waals surface area contributed by atoms with E-state index in [0.717, 1.165) is 17.0 Å². The molecular formula is C11H12FN3O2S2. The van der Waals surface area contributed by atoms with E-state index < -0.39 is 15.8 Å². The Morgan fingerprint density at radius 1 is 1.37 bits per heavy atom. The maximum absolute atomic E-state index is 13.2. The molecule has 0 saturated heterocycles. The molecular weight excluding hydrogens is 289 g/mol. The Morgan fingerprint density at radius 3 is 2.63 bits per heavy atom. The number of thiazole rings is 1. The van der Waals surface area contributed by atoms with Gasteiger partial charge >= 0.3 is 0 Å². The molecule has 5 nitrogen and oxygen atoms in total. The van der Waals surface area contributed by atoms with Crippen molar-refractivity contribution < 1.29 is 12.8 Å². The van der Waals surface area contributed by atoms with Gasteiger partial charge in [0, 0.05) is 11.1 Å². The fraction of sp³-hybridized carbons (Fsp3) is 0.182. The van der Waals surface area contributed by atoms with Crippen LogP contribution in [0.2, 0.25) is 0 Å². The quantitative estimate of drug-likeness (QED) is 0.852. The van der Waals surface area contributed by atoms with E-state index in [-0.39, 0.29) is 21.3 Å². The third-order valence-electron chi connectivity index (χ3n) is 2.43. The molecule has 0 amide bonds. The number of rotatable bonds is 3. The lowest BCUT2D eigenvalue weighted by atomic mass is 10.2. The van der Waals surface area contributed by atoms with E-state index in [9.17, 15) is 12.8 Å². The summed E-state index contributed by atoms with van der Waals surface area (Å²) in [4.78, 5) is 4.75. The Morgan fingerprint density at radius 2 is 2.05 bits per heavy atom. The van der Waals surface area contributed by atoms with E-state index >= 15 is 0 Å². The zero-order valence-corrected chi connectivity index (χ0v) is 11.9. The fourth-order valence-corrected chi connectivity index (χ4v) is 3.70. The molecule has 102 valence electrons. The second kappa shape index (κ2) is 4.78. The van der Waals surface area contributed by atoms with E-state index in [1.54, 1.807) is 6.20 Å². The molecule has 1 heterocycles. The molecule has 0 aliphatic carbocycles. The van der Waals surface area contributed by atoms with Gasteiger partial charge in [0.1, 0.15) is 5.82 Å². The van der Waals surface area contributed by atoms with Crippen LogP contribution in [0.5, 0.6) is 0 Å². The maximum Gasteiger partial charge on any atom is 0.264 e. The highest BCUT2D eigenvalue weighted by Gasteiger charge is 2.20. The van der Waals surface area contributed by atoms with E-state index in [0.29, 0.717) is 0 Å². The van der Waals surface area contributed by atoms with Crippen LogP contribution in [-0.2, 0) is 10.0 Å². The van der Waals surface area contributed by atoms with Crippen molar-refractivity contribution in [3.63, 3.8) is 0 Å². The number of benzene rings is 1. The smallest absolute Gasteiger partial charge is 0.264 e. The summed E-state index contributed by atoms with van der Waals surface area (Å²) >= 11 is 1.22. The largest absolute Gasteiger partial charge is 0.396 e. The van der Waals surface area contributed by atoms with Gasteiger partial charge in [-0.15, -0.1) is 11.3 Å². The first-order chi connectivity index (χ1) is 8.79. The third-order valence-corrected chi connectivity index (χ3v) is 4.87. The molecule has 0 fully saturated rings. The lowest BCUT2D eigenvalue weighted by Gasteiger charge is -2.09. The van der Waals surface area contributed by atoms with Crippen LogP contribution in [0.1, 0.15) is 10.4 Å². The summed E-state index contributed by atoms with van der Waals surface area (Å²) in [5.74, 6) is -0.637. The molecule has 0 aliphatic rings. The van der Waals surface area contributed by atoms with Gasteiger partial charge in [0.25, 0.3) is 10.0 Å². The summed E-state index contributed by atoms with van der Waals surface area (Å²) in [6.45, 7) is 3.32. The number of nitrogens with zero attached hydrogens (tertiary/aromatic N) is 1. The molecule has 0 radical (unpaired) electrons. The first-order valence-electron chi connectivity index (χ1n) is 5.30. The van der Waals surface area contributed by atoms with Crippen LogP contribution in [-0.4, -0.2) is 13.4 Å². The summed E-state index contributed by atoms with van der Waals surface area (Å²) in [7, 11) is -3.82. The Labute approximate surface area is 114 Å². The van der Waals surface area contributed by atoms with Crippen molar-refractivity contribution in [1.29, 1.82) is 0 Å². The number of nitrogen functional groups attached to an aromatic ring is 1. The lowest BCUT2D eigenvalue weighted by Crippen LogP contribution is -2.14. The summed E-state index contributed by atoms with van der Waals surface area (Å²) in [5.41, 5.74) is 5.48. The number of aryl methyl sites for hydroxylation is 2. The Balaban J connectivity index is 2.42. The number of anilines is 2. The molecule has 2 aromatic rings. The van der Waals surface area contributed by atoms with Gasteiger partial charge in [0.15, 0.2) is 5.13 Å². The van der Waals surface area contributed by atoms with Crippen molar-refractivity contribution in [2.45, 2.75) is 18.7 Å². The summed E-state index contributed by atoms with van der Waals surface area (Å²) in [5, 5.41) is 0.264. The van der Waals surface area contributed by atoms with Gasteiger partial charge < -0.3 is 5.73 Å². The van der Waals surface area contributed by atoms with Gasteiger partial charge in [-0.3, -0.25) is 4.72 Å². The van der Waals surface area contributed by atoms with Crippen molar-refractivity contribution >= 4 is 32.2 Å². The topological polar surface area (TPSA) is 85.1 Å². The van der Waals surface area contributed by atoms with E-state index in [1.165, 1.54) is 18.3 Å². The second-order valence-corrected chi connectivity index (χ2v) is 6.91. The zero-order chi connectivity index (χ0) is 14.2. The number of sulfonamides is 1. The van der Waals surface area contributed by atoms with Crippen LogP contribution in [0.3, 0.4) is 0 Å². The fourth-order valence-electron chi connectivity index (χ4n) is 1.53. The van der Waals surface area contributed by atoms with Gasteiger partial charge in [-0.1, -0.05) is 0 Å². The summed E-state index contributed by atoms with van der Waals surface area (Å²) in [6, 6.07) is 2.20. The third kappa shape index (κ3) is 2.85. The monoisotopic (exact) mass is 301 g/mol. The average Bonchev–Trinajstić information content (AvgIpc) is 2.68. The van der Waals surface area contributed by atoms with Crippen LogP contribution in [0.4, 0.5) is 15.2 Å². The standard InChI is InChI=1S/C11H12FN3O2S2/c1-6-3-8(12)9(13)4-10(6)19(16,17)15-11-14-5-7(2)18-11/h3-5H,13H2,1-2H3,(H,14,15). The van der Waals surface area contributed by atoms with Gasteiger partial charge in [-0.25, -0.2) is 17.8 Å². The predicted molar refractivity (Wildman–Crippen MR) is 73.2 cm³/mol. The van der Waals surface area contributed by atoms with Crippen LogP contribution in [0.15, 0.2) is 23.2 Å². The lowest BCUT2D eigenvalue weighted by molar-refractivity contribution is 0.599. The van der Waals surface area contributed by atoms with Crippen molar-refractivity contribution in [3.05, 3.63) is 34.6 Å². The van der Waals surface area contributed by atoms with E-state index in [4.69, 9.17) is 5.73 Å². The maximum atomic E-state index is 13.2. The number of nitrogens with two attached hydrogens (primary N) is 1. The molecule has 0 atom stereocenters. The Kier molecular flexibility index (Phi) is 3.46. The zero-order valence-electron chi connectivity index (χ0n) is 10.3. The minimum atomic E-state index is -3.82. The second-order valence-electron chi connectivity index (χ2n) is 4.02. The molecule has 0 bridgehead atoms. The molecule has 0 spiro atoms. The normalized spacial score (nSPS) is 11.5.